The maximum atomic E-state index is 11.5. The predicted molar refractivity (Wildman–Crippen MR) is 62.7 cm³/mol. The molecule has 16 heavy (non-hydrogen) atoms. The second-order valence-corrected chi connectivity index (χ2v) is 3.63. The molecule has 0 heterocycles. The van der Waals surface area contributed by atoms with Gasteiger partial charge in [-0.1, -0.05) is 6.92 Å². The van der Waals surface area contributed by atoms with Crippen molar-refractivity contribution in [2.75, 3.05) is 7.05 Å². The number of hydrazine groups is 1. The van der Waals surface area contributed by atoms with Crippen LogP contribution in [0, 0.1) is 5.92 Å². The highest BCUT2D eigenvalue weighted by atomic mass is 32.1. The molecule has 0 aliphatic rings. The summed E-state index contributed by atoms with van der Waals surface area (Å²) < 4.78 is 0. The first-order chi connectivity index (χ1) is 7.38. The van der Waals surface area contributed by atoms with E-state index in [-0.39, 0.29) is 11.0 Å². The Kier molecular flexibility index (Phi) is 6.16. The van der Waals surface area contributed by atoms with Gasteiger partial charge in [0.15, 0.2) is 5.11 Å². The van der Waals surface area contributed by atoms with Crippen LogP contribution in [0.3, 0.4) is 0 Å². The minimum absolute atomic E-state index is 0.277. The van der Waals surface area contributed by atoms with Crippen molar-refractivity contribution in [3.05, 3.63) is 0 Å². The van der Waals surface area contributed by atoms with Crippen molar-refractivity contribution in [3.63, 3.8) is 0 Å². The standard InChI is InChI=1S/C8H16N4O3S/c1-4(5(2)10-8(14)15)6(13)11-12-7(16)9-3/h4-5,10H,1-3H3,(H,11,13)(H,14,15)(H2,9,12,16)/t4-,5?/m0/s1. The lowest BCUT2D eigenvalue weighted by Gasteiger charge is -2.19. The van der Waals surface area contributed by atoms with Gasteiger partial charge in [-0.15, -0.1) is 0 Å². The number of carbonyl (C=O) groups is 2. The minimum atomic E-state index is -1.16. The topological polar surface area (TPSA) is 102 Å². The Hall–Kier alpha value is -1.57. The van der Waals surface area contributed by atoms with Gasteiger partial charge >= 0.3 is 6.09 Å². The Morgan fingerprint density at radius 3 is 2.25 bits per heavy atom. The van der Waals surface area contributed by atoms with Gasteiger partial charge in [0.05, 0.1) is 5.92 Å². The Bertz CT molecular complexity index is 284. The van der Waals surface area contributed by atoms with Crippen molar-refractivity contribution in [3.8, 4) is 0 Å². The van der Waals surface area contributed by atoms with E-state index in [2.05, 4.69) is 21.5 Å². The number of carboxylic acid groups (broad SMARTS) is 1. The fraction of sp³-hybridized carbons (Fsp3) is 0.625. The Morgan fingerprint density at radius 2 is 1.81 bits per heavy atom. The Morgan fingerprint density at radius 1 is 1.25 bits per heavy atom. The van der Waals surface area contributed by atoms with E-state index in [4.69, 9.17) is 17.3 Å². The molecule has 7 nitrogen and oxygen atoms in total. The average molecular weight is 248 g/mol. The normalized spacial score (nSPS) is 13.2. The monoisotopic (exact) mass is 248 g/mol. The molecule has 1 unspecified atom stereocenters. The molecule has 0 aromatic carbocycles. The van der Waals surface area contributed by atoms with Crippen molar-refractivity contribution in [2.24, 2.45) is 5.92 Å². The molecule has 0 aliphatic carbocycles. The lowest BCUT2D eigenvalue weighted by atomic mass is 10.0. The summed E-state index contributed by atoms with van der Waals surface area (Å²) in [5.41, 5.74) is 4.83. The maximum Gasteiger partial charge on any atom is 0.404 e. The van der Waals surface area contributed by atoms with Crippen LogP contribution >= 0.6 is 12.2 Å². The van der Waals surface area contributed by atoms with Crippen LogP contribution in [0.5, 0.6) is 0 Å². The summed E-state index contributed by atoms with van der Waals surface area (Å²) in [5.74, 6) is -0.859. The third kappa shape index (κ3) is 5.35. The number of hydrogen-bond donors (Lipinski definition) is 5. The van der Waals surface area contributed by atoms with Gasteiger partial charge < -0.3 is 15.7 Å². The third-order valence-corrected chi connectivity index (χ3v) is 2.35. The number of carbonyl (C=O) groups excluding carboxylic acids is 1. The third-order valence-electron chi connectivity index (χ3n) is 2.04. The molecule has 0 aliphatic heterocycles. The predicted octanol–water partition coefficient (Wildman–Crippen LogP) is -0.596. The lowest BCUT2D eigenvalue weighted by Crippen LogP contribution is -2.51. The molecule has 0 bridgehead atoms. The molecule has 2 amide bonds. The first kappa shape index (κ1) is 14.4. The largest absolute Gasteiger partial charge is 0.465 e. The summed E-state index contributed by atoms with van der Waals surface area (Å²) in [6.07, 6.45) is -1.16. The first-order valence-electron chi connectivity index (χ1n) is 4.65. The van der Waals surface area contributed by atoms with E-state index < -0.39 is 18.1 Å². The van der Waals surface area contributed by atoms with E-state index in [9.17, 15) is 9.59 Å². The molecule has 8 heteroatoms. The van der Waals surface area contributed by atoms with Crippen LogP contribution in [-0.2, 0) is 4.79 Å². The van der Waals surface area contributed by atoms with Gasteiger partial charge in [-0.3, -0.25) is 15.6 Å². The van der Waals surface area contributed by atoms with Crippen molar-refractivity contribution in [2.45, 2.75) is 19.9 Å². The van der Waals surface area contributed by atoms with Gasteiger partial charge in [0, 0.05) is 13.1 Å². The molecule has 0 aromatic rings. The molecule has 0 spiro atoms. The lowest BCUT2D eigenvalue weighted by molar-refractivity contribution is -0.125. The molecule has 5 N–H and O–H groups in total. The number of rotatable bonds is 3. The molecule has 92 valence electrons. The molecule has 0 fully saturated rings. The van der Waals surface area contributed by atoms with Crippen LogP contribution in [-0.4, -0.2) is 35.3 Å². The number of hydrogen-bond acceptors (Lipinski definition) is 3. The van der Waals surface area contributed by atoms with Crippen LogP contribution in [0.2, 0.25) is 0 Å². The van der Waals surface area contributed by atoms with Crippen molar-refractivity contribution < 1.29 is 14.7 Å². The Balaban J connectivity index is 4.07. The van der Waals surface area contributed by atoms with Crippen molar-refractivity contribution >= 4 is 29.3 Å². The molecular weight excluding hydrogens is 232 g/mol. The smallest absolute Gasteiger partial charge is 0.404 e. The molecule has 0 saturated heterocycles. The van der Waals surface area contributed by atoms with Gasteiger partial charge in [-0.25, -0.2) is 4.79 Å². The first-order valence-corrected chi connectivity index (χ1v) is 5.06. The van der Waals surface area contributed by atoms with Crippen LogP contribution < -0.4 is 21.5 Å². The maximum absolute atomic E-state index is 11.5. The number of amides is 2. The highest BCUT2D eigenvalue weighted by molar-refractivity contribution is 7.80. The molecule has 0 radical (unpaired) electrons. The Labute approximate surface area is 98.9 Å². The highest BCUT2D eigenvalue weighted by Gasteiger charge is 2.21. The van der Waals surface area contributed by atoms with Crippen molar-refractivity contribution in [1.29, 1.82) is 0 Å². The molecule has 2 atom stereocenters. The van der Waals surface area contributed by atoms with Crippen molar-refractivity contribution in [1.82, 2.24) is 21.5 Å². The van der Waals surface area contributed by atoms with Crippen LogP contribution in [0.15, 0.2) is 0 Å². The summed E-state index contributed by atoms with van der Waals surface area (Å²) in [5, 5.41) is 13.6. The van der Waals surface area contributed by atoms with Gasteiger partial charge in [0.2, 0.25) is 5.91 Å². The average Bonchev–Trinajstić information content (AvgIpc) is 2.23. The van der Waals surface area contributed by atoms with Crippen LogP contribution in [0.1, 0.15) is 13.8 Å². The van der Waals surface area contributed by atoms with Crippen LogP contribution in [0.4, 0.5) is 4.79 Å². The van der Waals surface area contributed by atoms with E-state index in [1.54, 1.807) is 20.9 Å². The fourth-order valence-corrected chi connectivity index (χ4v) is 0.893. The van der Waals surface area contributed by atoms with Crippen LogP contribution in [0.25, 0.3) is 0 Å². The van der Waals surface area contributed by atoms with E-state index in [0.29, 0.717) is 0 Å². The van der Waals surface area contributed by atoms with E-state index >= 15 is 0 Å². The summed E-state index contributed by atoms with van der Waals surface area (Å²) in [6, 6.07) is -0.484. The SMILES string of the molecule is CNC(=S)NNC(=O)[C@@H](C)C(C)NC(=O)O. The second-order valence-electron chi connectivity index (χ2n) is 3.22. The quantitative estimate of drug-likeness (QED) is 0.338. The zero-order valence-electron chi connectivity index (χ0n) is 9.33. The summed E-state index contributed by atoms with van der Waals surface area (Å²) in [7, 11) is 1.61. The number of nitrogens with one attached hydrogen (secondary N) is 4. The summed E-state index contributed by atoms with van der Waals surface area (Å²) in [6.45, 7) is 3.22. The fourth-order valence-electron chi connectivity index (χ4n) is 0.842. The second kappa shape index (κ2) is 6.83. The minimum Gasteiger partial charge on any atom is -0.465 e. The van der Waals surface area contributed by atoms with Gasteiger partial charge in [0.25, 0.3) is 0 Å². The zero-order valence-corrected chi connectivity index (χ0v) is 10.1. The van der Waals surface area contributed by atoms with E-state index in [0.717, 1.165) is 0 Å². The van der Waals surface area contributed by atoms with Gasteiger partial charge in [-0.05, 0) is 19.1 Å². The molecule has 0 saturated carbocycles. The zero-order chi connectivity index (χ0) is 12.7. The highest BCUT2D eigenvalue weighted by Crippen LogP contribution is 2.01. The van der Waals surface area contributed by atoms with E-state index in [1.807, 2.05) is 0 Å². The van der Waals surface area contributed by atoms with Gasteiger partial charge in [-0.2, -0.15) is 0 Å². The number of thiocarbonyl (C=S) groups is 1. The molecule has 0 rings (SSSR count). The molecular formula is C8H16N4O3S. The summed E-state index contributed by atoms with van der Waals surface area (Å²) >= 11 is 4.75. The molecule has 0 aromatic heterocycles. The van der Waals surface area contributed by atoms with Gasteiger partial charge in [0.1, 0.15) is 0 Å². The van der Waals surface area contributed by atoms with E-state index in [1.165, 1.54) is 0 Å². The summed E-state index contributed by atoms with van der Waals surface area (Å²) in [4.78, 5) is 21.9.